The first kappa shape index (κ1) is 15.1. The van der Waals surface area contributed by atoms with Gasteiger partial charge in [0.2, 0.25) is 10.0 Å². The minimum absolute atomic E-state index is 0.120. The summed E-state index contributed by atoms with van der Waals surface area (Å²) in [6, 6.07) is 5.45. The molecule has 0 fully saturated rings. The third kappa shape index (κ3) is 4.68. The summed E-state index contributed by atoms with van der Waals surface area (Å²) in [6.07, 6.45) is -0.976. The molecular formula is C11H14N2O5S. The second kappa shape index (κ2) is 5.81. The fourth-order valence-corrected chi connectivity index (χ4v) is 1.86. The van der Waals surface area contributed by atoms with Crippen molar-refractivity contribution in [3.63, 3.8) is 0 Å². The van der Waals surface area contributed by atoms with Gasteiger partial charge in [0, 0.05) is 12.6 Å². The van der Waals surface area contributed by atoms with Crippen LogP contribution in [0.25, 0.3) is 0 Å². The van der Waals surface area contributed by atoms with Crippen LogP contribution in [0.2, 0.25) is 0 Å². The number of hydrogen-bond donors (Lipinski definition) is 2. The molecule has 19 heavy (non-hydrogen) atoms. The molecule has 104 valence electrons. The molecule has 3 N–H and O–H groups in total. The Morgan fingerprint density at radius 3 is 2.53 bits per heavy atom. The Balaban J connectivity index is 2.83. The van der Waals surface area contributed by atoms with Crippen molar-refractivity contribution in [1.82, 2.24) is 0 Å². The number of primary sulfonamides is 1. The number of hydrogen-bond acceptors (Lipinski definition) is 5. The molecule has 0 saturated carbocycles. The summed E-state index contributed by atoms with van der Waals surface area (Å²) in [5, 5.41) is 7.40. The maximum atomic E-state index is 11.6. The zero-order valence-corrected chi connectivity index (χ0v) is 11.2. The Bertz CT molecular complexity index is 597. The molecule has 0 aromatic heterocycles. The first-order valence-corrected chi connectivity index (χ1v) is 6.85. The lowest BCUT2D eigenvalue weighted by Crippen LogP contribution is -2.29. The maximum Gasteiger partial charge on any atom is 0.303 e. The van der Waals surface area contributed by atoms with Gasteiger partial charge in [0.15, 0.2) is 6.10 Å². The van der Waals surface area contributed by atoms with Gasteiger partial charge >= 0.3 is 5.97 Å². The summed E-state index contributed by atoms with van der Waals surface area (Å²) in [4.78, 5) is 22.2. The van der Waals surface area contributed by atoms with Gasteiger partial charge in [0.05, 0.1) is 4.90 Å². The predicted molar refractivity (Wildman–Crippen MR) is 67.7 cm³/mol. The van der Waals surface area contributed by atoms with Gasteiger partial charge < -0.3 is 10.1 Å². The normalized spacial score (nSPS) is 12.6. The summed E-state index contributed by atoms with van der Waals surface area (Å²) in [5.74, 6) is -1.15. The molecule has 0 saturated heterocycles. The highest BCUT2D eigenvalue weighted by atomic mass is 32.2. The minimum atomic E-state index is -3.84. The maximum absolute atomic E-state index is 11.6. The monoisotopic (exact) mass is 286 g/mol. The number of nitrogens with one attached hydrogen (secondary N) is 1. The summed E-state index contributed by atoms with van der Waals surface area (Å²) < 4.78 is 27.0. The third-order valence-corrected chi connectivity index (χ3v) is 3.05. The number of anilines is 1. The van der Waals surface area contributed by atoms with Crippen molar-refractivity contribution >= 4 is 27.6 Å². The molecule has 7 nitrogen and oxygen atoms in total. The second-order valence-electron chi connectivity index (χ2n) is 3.81. The largest absolute Gasteiger partial charge is 0.453 e. The van der Waals surface area contributed by atoms with Gasteiger partial charge in [0.25, 0.3) is 5.91 Å². The van der Waals surface area contributed by atoms with E-state index < -0.39 is 28.0 Å². The van der Waals surface area contributed by atoms with E-state index in [1.807, 2.05) is 0 Å². The third-order valence-electron chi connectivity index (χ3n) is 2.14. The Labute approximate surface area is 110 Å². The molecule has 0 bridgehead atoms. The van der Waals surface area contributed by atoms with E-state index in [0.29, 0.717) is 0 Å². The lowest BCUT2D eigenvalue weighted by molar-refractivity contribution is -0.150. The minimum Gasteiger partial charge on any atom is -0.453 e. The standard InChI is InChI=1S/C11H14N2O5S/c1-7(18-8(2)14)11(15)13-9-4-3-5-10(6-9)19(12,16)17/h3-7H,1-2H3,(H,13,15)(H2,12,16,17)/t7-/m1/s1. The van der Waals surface area contributed by atoms with Gasteiger partial charge in [-0.3, -0.25) is 9.59 Å². The molecule has 0 aliphatic carbocycles. The summed E-state index contributed by atoms with van der Waals surface area (Å²) >= 11 is 0. The zero-order valence-electron chi connectivity index (χ0n) is 10.4. The summed E-state index contributed by atoms with van der Waals surface area (Å²) in [6.45, 7) is 2.59. The number of esters is 1. The Hall–Kier alpha value is -1.93. The van der Waals surface area contributed by atoms with Gasteiger partial charge in [-0.15, -0.1) is 0 Å². The molecular weight excluding hydrogens is 272 g/mol. The van der Waals surface area contributed by atoms with E-state index in [-0.39, 0.29) is 10.6 Å². The van der Waals surface area contributed by atoms with Gasteiger partial charge in [-0.2, -0.15) is 0 Å². The average Bonchev–Trinajstić information content (AvgIpc) is 2.27. The number of sulfonamides is 1. The highest BCUT2D eigenvalue weighted by molar-refractivity contribution is 7.89. The fraction of sp³-hybridized carbons (Fsp3) is 0.273. The van der Waals surface area contributed by atoms with E-state index in [4.69, 9.17) is 5.14 Å². The number of ether oxygens (including phenoxy) is 1. The molecule has 1 rings (SSSR count). The van der Waals surface area contributed by atoms with Crippen molar-refractivity contribution in [3.8, 4) is 0 Å². The lowest BCUT2D eigenvalue weighted by atomic mass is 10.3. The molecule has 0 radical (unpaired) electrons. The van der Waals surface area contributed by atoms with Gasteiger partial charge in [0.1, 0.15) is 0 Å². The van der Waals surface area contributed by atoms with Crippen LogP contribution in [0.3, 0.4) is 0 Å². The quantitative estimate of drug-likeness (QED) is 0.768. The molecule has 0 heterocycles. The first-order chi connectivity index (χ1) is 8.70. The van der Waals surface area contributed by atoms with Crippen molar-refractivity contribution in [2.45, 2.75) is 24.8 Å². The van der Waals surface area contributed by atoms with E-state index in [0.717, 1.165) is 0 Å². The van der Waals surface area contributed by atoms with E-state index in [1.54, 1.807) is 0 Å². The molecule has 0 aliphatic heterocycles. The highest BCUT2D eigenvalue weighted by Crippen LogP contribution is 2.14. The van der Waals surface area contributed by atoms with Crippen LogP contribution in [0.15, 0.2) is 29.2 Å². The number of carbonyl (C=O) groups is 2. The number of rotatable bonds is 4. The molecule has 8 heteroatoms. The van der Waals surface area contributed by atoms with Crippen LogP contribution in [0, 0.1) is 0 Å². The summed E-state index contributed by atoms with van der Waals surface area (Å²) in [7, 11) is -3.84. The van der Waals surface area contributed by atoms with E-state index in [1.165, 1.54) is 38.1 Å². The van der Waals surface area contributed by atoms with Crippen molar-refractivity contribution in [2.75, 3.05) is 5.32 Å². The Morgan fingerprint density at radius 2 is 2.00 bits per heavy atom. The molecule has 1 atom stereocenters. The van der Waals surface area contributed by atoms with Crippen molar-refractivity contribution in [2.24, 2.45) is 5.14 Å². The van der Waals surface area contributed by atoms with Crippen molar-refractivity contribution < 1.29 is 22.7 Å². The number of nitrogens with two attached hydrogens (primary N) is 1. The van der Waals surface area contributed by atoms with Crippen LogP contribution in [-0.2, 0) is 24.3 Å². The molecule has 0 unspecified atom stereocenters. The average molecular weight is 286 g/mol. The van der Waals surface area contributed by atoms with Gasteiger partial charge in [-0.1, -0.05) is 6.07 Å². The SMILES string of the molecule is CC(=O)O[C@H](C)C(=O)Nc1cccc(S(N)(=O)=O)c1. The van der Waals surface area contributed by atoms with Crippen LogP contribution in [0.1, 0.15) is 13.8 Å². The van der Waals surface area contributed by atoms with Crippen LogP contribution in [0.4, 0.5) is 5.69 Å². The van der Waals surface area contributed by atoms with Crippen LogP contribution in [-0.4, -0.2) is 26.4 Å². The van der Waals surface area contributed by atoms with E-state index in [2.05, 4.69) is 10.1 Å². The van der Waals surface area contributed by atoms with Crippen LogP contribution >= 0.6 is 0 Å². The smallest absolute Gasteiger partial charge is 0.303 e. The Morgan fingerprint density at radius 1 is 1.37 bits per heavy atom. The highest BCUT2D eigenvalue weighted by Gasteiger charge is 2.16. The van der Waals surface area contributed by atoms with Crippen LogP contribution in [0.5, 0.6) is 0 Å². The first-order valence-electron chi connectivity index (χ1n) is 5.31. The zero-order chi connectivity index (χ0) is 14.6. The molecule has 0 aliphatic rings. The molecule has 0 spiro atoms. The fourth-order valence-electron chi connectivity index (χ4n) is 1.30. The van der Waals surface area contributed by atoms with E-state index >= 15 is 0 Å². The number of benzene rings is 1. The van der Waals surface area contributed by atoms with Gasteiger partial charge in [-0.05, 0) is 25.1 Å². The van der Waals surface area contributed by atoms with Crippen molar-refractivity contribution in [1.29, 1.82) is 0 Å². The molecule has 1 aromatic carbocycles. The predicted octanol–water partition coefficient (Wildman–Crippen LogP) is 0.224. The second-order valence-corrected chi connectivity index (χ2v) is 5.38. The number of carbonyl (C=O) groups excluding carboxylic acids is 2. The number of amides is 1. The van der Waals surface area contributed by atoms with Crippen LogP contribution < -0.4 is 10.5 Å². The molecule has 1 aromatic rings. The van der Waals surface area contributed by atoms with Crippen molar-refractivity contribution in [3.05, 3.63) is 24.3 Å². The topological polar surface area (TPSA) is 116 Å². The van der Waals surface area contributed by atoms with E-state index in [9.17, 15) is 18.0 Å². The Kier molecular flexibility index (Phi) is 4.62. The lowest BCUT2D eigenvalue weighted by Gasteiger charge is -2.12. The van der Waals surface area contributed by atoms with Gasteiger partial charge in [-0.25, -0.2) is 13.6 Å². The molecule has 1 amide bonds. The summed E-state index contributed by atoms with van der Waals surface area (Å²) in [5.41, 5.74) is 0.246.